The molecule has 0 saturated carbocycles. The fourth-order valence-electron chi connectivity index (χ4n) is 2.26. The minimum Gasteiger partial charge on any atom is -0.465 e. The molecule has 2 rings (SSSR count). The van der Waals surface area contributed by atoms with Gasteiger partial charge in [0.15, 0.2) is 0 Å². The zero-order valence-corrected chi connectivity index (χ0v) is 12.8. The van der Waals surface area contributed by atoms with E-state index in [1.165, 1.54) is 0 Å². The highest BCUT2D eigenvalue weighted by Gasteiger charge is 2.49. The maximum Gasteiger partial charge on any atom is 0.534 e. The maximum atomic E-state index is 14.1. The molecule has 1 aromatic rings. The van der Waals surface area contributed by atoms with Gasteiger partial charge in [0.25, 0.3) is 6.43 Å². The van der Waals surface area contributed by atoms with E-state index < -0.39 is 69.4 Å². The molecule has 1 amide bonds. The highest BCUT2D eigenvalue weighted by atomic mass is 32.2. The Bertz CT molecular complexity index is 807. The topological polar surface area (TPSA) is 83.9 Å². The first kappa shape index (κ1) is 19.1. The summed E-state index contributed by atoms with van der Waals surface area (Å²) in [6, 6.07) is 0.132. The summed E-state index contributed by atoms with van der Waals surface area (Å²) in [6.07, 6.45) is -5.39. The molecule has 1 N–H and O–H groups in total. The number of rotatable bonds is 3. The lowest BCUT2D eigenvalue weighted by Gasteiger charge is -2.29. The Morgan fingerprint density at radius 2 is 1.88 bits per heavy atom. The molecule has 13 heteroatoms. The second-order valence-corrected chi connectivity index (χ2v) is 6.51. The molecule has 0 aliphatic carbocycles. The van der Waals surface area contributed by atoms with Crippen LogP contribution in [-0.2, 0) is 23.1 Å². The number of halogens is 6. The number of carbonyl (C=O) groups is 1. The number of hydrogen-bond acceptors (Lipinski definition) is 4. The summed E-state index contributed by atoms with van der Waals surface area (Å²) >= 11 is 0. The van der Waals surface area contributed by atoms with E-state index in [1.54, 1.807) is 0 Å². The van der Waals surface area contributed by atoms with E-state index in [2.05, 4.69) is 4.18 Å². The van der Waals surface area contributed by atoms with Gasteiger partial charge in [-0.2, -0.15) is 21.6 Å². The van der Waals surface area contributed by atoms with Crippen LogP contribution in [0.4, 0.5) is 31.1 Å². The molecule has 0 aromatic heterocycles. The molecule has 0 atom stereocenters. The highest BCUT2D eigenvalue weighted by molar-refractivity contribution is 7.88. The van der Waals surface area contributed by atoms with E-state index in [0.717, 1.165) is 0 Å². The molecule has 1 heterocycles. The van der Waals surface area contributed by atoms with Crippen LogP contribution in [0.1, 0.15) is 23.1 Å². The third-order valence-electron chi connectivity index (χ3n) is 3.44. The van der Waals surface area contributed by atoms with Gasteiger partial charge in [-0.05, 0) is 18.1 Å². The molecule has 25 heavy (non-hydrogen) atoms. The molecule has 0 fully saturated rings. The highest BCUT2D eigenvalue weighted by Crippen LogP contribution is 2.38. The quantitative estimate of drug-likeness (QED) is 0.485. The minimum absolute atomic E-state index is 0.132. The van der Waals surface area contributed by atoms with E-state index in [-0.39, 0.29) is 12.6 Å². The van der Waals surface area contributed by atoms with Crippen molar-refractivity contribution in [2.75, 3.05) is 6.54 Å². The zero-order valence-electron chi connectivity index (χ0n) is 12.0. The predicted molar refractivity (Wildman–Crippen MR) is 69.1 cm³/mol. The molecule has 1 aliphatic heterocycles. The summed E-state index contributed by atoms with van der Waals surface area (Å²) in [6.45, 7) is -1.02. The largest absolute Gasteiger partial charge is 0.534 e. The van der Waals surface area contributed by atoms with E-state index in [0.29, 0.717) is 4.90 Å². The average Bonchev–Trinajstić information content (AvgIpc) is 2.47. The Labute approximate surface area is 136 Å². The lowest BCUT2D eigenvalue weighted by atomic mass is 9.95. The molecule has 0 radical (unpaired) electrons. The van der Waals surface area contributed by atoms with Crippen LogP contribution in [0, 0.1) is 5.82 Å². The SMILES string of the molecule is O=C(O)N1CCc2c(F)c(C(F)F)cc(OS(=O)(=O)C(F)(F)F)c2C1. The summed E-state index contributed by atoms with van der Waals surface area (Å²) in [5.74, 6) is -2.62. The molecule has 6 nitrogen and oxygen atoms in total. The lowest BCUT2D eigenvalue weighted by Crippen LogP contribution is -2.36. The van der Waals surface area contributed by atoms with Crippen molar-refractivity contribution in [3.05, 3.63) is 28.6 Å². The van der Waals surface area contributed by atoms with Gasteiger partial charge >= 0.3 is 21.7 Å². The predicted octanol–water partition coefficient (Wildman–Crippen LogP) is 3.03. The third kappa shape index (κ3) is 3.60. The van der Waals surface area contributed by atoms with Crippen molar-refractivity contribution in [2.24, 2.45) is 0 Å². The monoisotopic (exact) mass is 393 g/mol. The number of alkyl halides is 5. The molecule has 140 valence electrons. The van der Waals surface area contributed by atoms with E-state index in [4.69, 9.17) is 5.11 Å². The third-order valence-corrected chi connectivity index (χ3v) is 4.40. The summed E-state index contributed by atoms with van der Waals surface area (Å²) in [4.78, 5) is 11.6. The van der Waals surface area contributed by atoms with Gasteiger partial charge in [0.1, 0.15) is 11.6 Å². The summed E-state index contributed by atoms with van der Waals surface area (Å²) in [5, 5.41) is 8.90. The van der Waals surface area contributed by atoms with Crippen molar-refractivity contribution in [1.29, 1.82) is 0 Å². The Morgan fingerprint density at radius 3 is 2.36 bits per heavy atom. The second-order valence-electron chi connectivity index (χ2n) is 4.97. The van der Waals surface area contributed by atoms with E-state index >= 15 is 0 Å². The minimum atomic E-state index is -6.21. The standard InChI is InChI=1S/C12H9F6NO5S/c13-9-5-1-2-19(11(20)21)4-7(5)8(3-6(9)10(14)15)24-25(22,23)12(16,17)18/h3,10H,1-2,4H2,(H,20,21). The zero-order chi connectivity index (χ0) is 19.2. The van der Waals surface area contributed by atoms with Gasteiger partial charge in [0.2, 0.25) is 0 Å². The first-order chi connectivity index (χ1) is 11.3. The van der Waals surface area contributed by atoms with Crippen molar-refractivity contribution in [1.82, 2.24) is 4.90 Å². The van der Waals surface area contributed by atoms with Crippen LogP contribution in [0.3, 0.4) is 0 Å². The Hall–Kier alpha value is -2.18. The van der Waals surface area contributed by atoms with Crippen molar-refractivity contribution < 1.29 is 48.8 Å². The normalized spacial score (nSPS) is 15.2. The first-order valence-corrected chi connectivity index (χ1v) is 7.87. The van der Waals surface area contributed by atoms with Crippen LogP contribution in [0.15, 0.2) is 6.07 Å². The van der Waals surface area contributed by atoms with Crippen LogP contribution in [-0.4, -0.2) is 36.6 Å². The van der Waals surface area contributed by atoms with Crippen LogP contribution in [0.2, 0.25) is 0 Å². The smallest absolute Gasteiger partial charge is 0.465 e. The van der Waals surface area contributed by atoms with Gasteiger partial charge in [0.05, 0.1) is 12.1 Å². The number of nitrogens with zero attached hydrogens (tertiary/aromatic N) is 1. The summed E-state index contributed by atoms with van der Waals surface area (Å²) in [5.41, 5.74) is -8.25. The maximum absolute atomic E-state index is 14.1. The van der Waals surface area contributed by atoms with Gasteiger partial charge in [-0.25, -0.2) is 18.0 Å². The Balaban J connectivity index is 2.62. The van der Waals surface area contributed by atoms with E-state index in [1.807, 2.05) is 0 Å². The second kappa shape index (κ2) is 6.28. The molecule has 1 aliphatic rings. The summed E-state index contributed by atoms with van der Waals surface area (Å²) in [7, 11) is -6.21. The molecular formula is C12H9F6NO5S. The number of fused-ring (bicyclic) bond motifs is 1. The molecular weight excluding hydrogens is 384 g/mol. The van der Waals surface area contributed by atoms with Gasteiger partial charge in [0, 0.05) is 12.1 Å². The first-order valence-electron chi connectivity index (χ1n) is 6.46. The van der Waals surface area contributed by atoms with Crippen molar-refractivity contribution >= 4 is 16.2 Å². The van der Waals surface area contributed by atoms with Gasteiger partial charge in [-0.1, -0.05) is 0 Å². The molecule has 1 aromatic carbocycles. The Kier molecular flexibility index (Phi) is 4.81. The number of carboxylic acid groups (broad SMARTS) is 1. The molecule has 0 saturated heterocycles. The molecule has 0 spiro atoms. The Morgan fingerprint density at radius 1 is 1.28 bits per heavy atom. The van der Waals surface area contributed by atoms with Crippen molar-refractivity contribution in [3.63, 3.8) is 0 Å². The van der Waals surface area contributed by atoms with Crippen LogP contribution < -0.4 is 4.18 Å². The number of amides is 1. The number of benzene rings is 1. The average molecular weight is 393 g/mol. The van der Waals surface area contributed by atoms with Crippen LogP contribution in [0.25, 0.3) is 0 Å². The fourth-order valence-corrected chi connectivity index (χ4v) is 2.74. The number of hydrogen-bond donors (Lipinski definition) is 1. The van der Waals surface area contributed by atoms with Crippen LogP contribution in [0.5, 0.6) is 5.75 Å². The van der Waals surface area contributed by atoms with Crippen molar-refractivity contribution in [2.45, 2.75) is 24.9 Å². The molecule has 0 unspecified atom stereocenters. The summed E-state index contributed by atoms with van der Waals surface area (Å²) < 4.78 is 103. The lowest BCUT2D eigenvalue weighted by molar-refractivity contribution is -0.0500. The van der Waals surface area contributed by atoms with E-state index in [9.17, 15) is 39.6 Å². The molecule has 0 bridgehead atoms. The van der Waals surface area contributed by atoms with Gasteiger partial charge in [-0.15, -0.1) is 0 Å². The van der Waals surface area contributed by atoms with Crippen LogP contribution >= 0.6 is 0 Å². The fraction of sp³-hybridized carbons (Fsp3) is 0.417. The van der Waals surface area contributed by atoms with Crippen molar-refractivity contribution in [3.8, 4) is 5.75 Å². The van der Waals surface area contributed by atoms with Gasteiger partial charge < -0.3 is 14.2 Å². The van der Waals surface area contributed by atoms with Gasteiger partial charge in [-0.3, -0.25) is 0 Å².